The van der Waals surface area contributed by atoms with Gasteiger partial charge in [0.05, 0.1) is 6.26 Å². The summed E-state index contributed by atoms with van der Waals surface area (Å²) in [4.78, 5) is 34.8. The van der Waals surface area contributed by atoms with Crippen LogP contribution in [0.3, 0.4) is 0 Å². The normalized spacial score (nSPS) is 11.4. The number of carboxylic acids is 1. The van der Waals surface area contributed by atoms with Crippen LogP contribution in [0.2, 0.25) is 0 Å². The summed E-state index contributed by atoms with van der Waals surface area (Å²) in [6, 6.07) is 8.70. The zero-order valence-electron chi connectivity index (χ0n) is 14.2. The molecule has 1 atom stereocenters. The summed E-state index contributed by atoms with van der Waals surface area (Å²) in [6.45, 7) is 1.50. The number of furan rings is 1. The first kappa shape index (κ1) is 19.0. The van der Waals surface area contributed by atoms with Crippen molar-refractivity contribution < 1.29 is 28.6 Å². The number of rotatable bonds is 9. The Bertz CT molecular complexity index is 757. The summed E-state index contributed by atoms with van der Waals surface area (Å²) in [6.07, 6.45) is 2.38. The molecule has 2 amide bonds. The lowest BCUT2D eigenvalue weighted by molar-refractivity contribution is -0.142. The Morgan fingerprint density at radius 3 is 2.69 bits per heavy atom. The Balaban J connectivity index is 1.89. The fourth-order valence-corrected chi connectivity index (χ4v) is 2.20. The lowest BCUT2D eigenvalue weighted by Crippen LogP contribution is -2.42. The van der Waals surface area contributed by atoms with Gasteiger partial charge in [0.2, 0.25) is 0 Å². The van der Waals surface area contributed by atoms with Gasteiger partial charge in [-0.05, 0) is 30.7 Å². The third kappa shape index (κ3) is 5.66. The molecule has 26 heavy (non-hydrogen) atoms. The van der Waals surface area contributed by atoms with Crippen LogP contribution in [0.1, 0.15) is 30.3 Å². The second-order valence-electron chi connectivity index (χ2n) is 5.49. The minimum atomic E-state index is -1.08. The van der Waals surface area contributed by atoms with E-state index in [1.807, 2.05) is 6.92 Å². The van der Waals surface area contributed by atoms with Gasteiger partial charge in [0, 0.05) is 11.8 Å². The molecule has 0 aliphatic carbocycles. The Morgan fingerprint density at radius 2 is 2.04 bits per heavy atom. The number of ether oxygens (including phenoxy) is 1. The smallest absolute Gasteiger partial charge is 0.326 e. The molecule has 0 spiro atoms. The Morgan fingerprint density at radius 1 is 1.23 bits per heavy atom. The number of hydrogen-bond donors (Lipinski definition) is 3. The van der Waals surface area contributed by atoms with Crippen molar-refractivity contribution in [2.75, 3.05) is 11.9 Å². The summed E-state index contributed by atoms with van der Waals surface area (Å²) in [5.74, 6) is -1.49. The molecule has 0 bridgehead atoms. The van der Waals surface area contributed by atoms with Crippen LogP contribution in [-0.2, 0) is 9.59 Å². The van der Waals surface area contributed by atoms with E-state index in [0.717, 1.165) is 0 Å². The number of hydrogen-bond acceptors (Lipinski definition) is 5. The van der Waals surface area contributed by atoms with E-state index >= 15 is 0 Å². The minimum absolute atomic E-state index is 0.173. The van der Waals surface area contributed by atoms with Crippen LogP contribution in [0.4, 0.5) is 5.69 Å². The van der Waals surface area contributed by atoms with Gasteiger partial charge in [-0.15, -0.1) is 0 Å². The number of aliphatic carboxylic acids is 1. The van der Waals surface area contributed by atoms with Crippen LogP contribution in [0.15, 0.2) is 47.1 Å². The van der Waals surface area contributed by atoms with Crippen molar-refractivity contribution in [2.45, 2.75) is 25.8 Å². The molecule has 138 valence electrons. The molecule has 1 unspecified atom stereocenters. The average molecular weight is 360 g/mol. The largest absolute Gasteiger partial charge is 0.484 e. The first-order valence-corrected chi connectivity index (χ1v) is 8.09. The monoisotopic (exact) mass is 360 g/mol. The van der Waals surface area contributed by atoms with Crippen LogP contribution in [0, 0.1) is 0 Å². The predicted octanol–water partition coefficient (Wildman–Crippen LogP) is 2.28. The van der Waals surface area contributed by atoms with Crippen molar-refractivity contribution in [1.29, 1.82) is 0 Å². The maximum Gasteiger partial charge on any atom is 0.326 e. The summed E-state index contributed by atoms with van der Waals surface area (Å²) >= 11 is 0. The molecule has 0 saturated heterocycles. The van der Waals surface area contributed by atoms with Crippen LogP contribution in [0.5, 0.6) is 5.75 Å². The van der Waals surface area contributed by atoms with Gasteiger partial charge in [0.15, 0.2) is 12.4 Å². The zero-order valence-corrected chi connectivity index (χ0v) is 14.2. The van der Waals surface area contributed by atoms with Gasteiger partial charge in [-0.25, -0.2) is 4.79 Å². The molecule has 0 aliphatic rings. The number of carbonyl (C=O) groups excluding carboxylic acids is 2. The number of benzene rings is 1. The zero-order chi connectivity index (χ0) is 18.9. The molecular formula is C18H20N2O6. The number of nitrogens with one attached hydrogen (secondary N) is 2. The van der Waals surface area contributed by atoms with Crippen molar-refractivity contribution in [3.63, 3.8) is 0 Å². The lowest BCUT2D eigenvalue weighted by atomic mass is 10.2. The van der Waals surface area contributed by atoms with Crippen LogP contribution in [0.25, 0.3) is 0 Å². The van der Waals surface area contributed by atoms with E-state index in [1.54, 1.807) is 30.3 Å². The number of carbonyl (C=O) groups is 3. The maximum atomic E-state index is 11.9. The first-order chi connectivity index (χ1) is 12.5. The standard InChI is InChI=1S/C18H20N2O6/c1-2-5-14(18(23)24)20-16(21)11-26-13-7-3-6-12(10-13)19-17(22)15-8-4-9-25-15/h3-4,6-10,14H,2,5,11H2,1H3,(H,19,22)(H,20,21)(H,23,24). The van der Waals surface area contributed by atoms with Crippen molar-refractivity contribution in [3.05, 3.63) is 48.4 Å². The summed E-state index contributed by atoms with van der Waals surface area (Å²) in [5, 5.41) is 14.1. The number of anilines is 1. The Labute approximate surface area is 150 Å². The van der Waals surface area contributed by atoms with E-state index in [4.69, 9.17) is 14.3 Å². The molecule has 0 radical (unpaired) electrons. The fourth-order valence-electron chi connectivity index (χ4n) is 2.20. The second-order valence-corrected chi connectivity index (χ2v) is 5.49. The Hall–Kier alpha value is -3.29. The van der Waals surface area contributed by atoms with Gasteiger partial charge < -0.3 is 24.9 Å². The van der Waals surface area contributed by atoms with E-state index in [1.165, 1.54) is 12.3 Å². The Kier molecular flexibility index (Phi) is 6.78. The molecule has 0 saturated carbocycles. The summed E-state index contributed by atoms with van der Waals surface area (Å²) < 4.78 is 10.4. The molecule has 2 aromatic rings. The molecule has 3 N–H and O–H groups in total. The lowest BCUT2D eigenvalue weighted by Gasteiger charge is -2.14. The van der Waals surface area contributed by atoms with E-state index in [-0.39, 0.29) is 12.4 Å². The van der Waals surface area contributed by atoms with Crippen molar-refractivity contribution in [3.8, 4) is 5.75 Å². The highest BCUT2D eigenvalue weighted by molar-refractivity contribution is 6.02. The minimum Gasteiger partial charge on any atom is -0.484 e. The van der Waals surface area contributed by atoms with E-state index in [2.05, 4.69) is 10.6 Å². The maximum absolute atomic E-state index is 11.9. The highest BCUT2D eigenvalue weighted by Gasteiger charge is 2.19. The molecule has 0 fully saturated rings. The molecule has 8 heteroatoms. The molecule has 2 rings (SSSR count). The highest BCUT2D eigenvalue weighted by Crippen LogP contribution is 2.18. The van der Waals surface area contributed by atoms with E-state index in [9.17, 15) is 14.4 Å². The number of carboxylic acid groups (broad SMARTS) is 1. The van der Waals surface area contributed by atoms with Gasteiger partial charge in [0.25, 0.3) is 11.8 Å². The fraction of sp³-hybridized carbons (Fsp3) is 0.278. The predicted molar refractivity (Wildman–Crippen MR) is 93.1 cm³/mol. The summed E-state index contributed by atoms with van der Waals surface area (Å²) in [5.41, 5.74) is 0.471. The molecule has 8 nitrogen and oxygen atoms in total. The average Bonchev–Trinajstić information content (AvgIpc) is 3.14. The van der Waals surface area contributed by atoms with Crippen LogP contribution >= 0.6 is 0 Å². The SMILES string of the molecule is CCCC(NC(=O)COc1cccc(NC(=O)c2ccco2)c1)C(=O)O. The van der Waals surface area contributed by atoms with Gasteiger partial charge in [-0.3, -0.25) is 9.59 Å². The molecule has 1 aromatic carbocycles. The van der Waals surface area contributed by atoms with Crippen molar-refractivity contribution in [1.82, 2.24) is 5.32 Å². The van der Waals surface area contributed by atoms with Gasteiger partial charge in [-0.2, -0.15) is 0 Å². The third-order valence-electron chi connectivity index (χ3n) is 3.42. The van der Waals surface area contributed by atoms with Crippen molar-refractivity contribution in [2.24, 2.45) is 0 Å². The molecule has 1 aromatic heterocycles. The summed E-state index contributed by atoms with van der Waals surface area (Å²) in [7, 11) is 0. The molecular weight excluding hydrogens is 340 g/mol. The second kappa shape index (κ2) is 9.26. The van der Waals surface area contributed by atoms with Gasteiger partial charge in [0.1, 0.15) is 11.8 Å². The van der Waals surface area contributed by atoms with Crippen LogP contribution < -0.4 is 15.4 Å². The third-order valence-corrected chi connectivity index (χ3v) is 3.42. The highest BCUT2D eigenvalue weighted by atomic mass is 16.5. The molecule has 0 aliphatic heterocycles. The van der Waals surface area contributed by atoms with Gasteiger partial charge in [-0.1, -0.05) is 19.4 Å². The quantitative estimate of drug-likeness (QED) is 0.631. The number of amides is 2. The van der Waals surface area contributed by atoms with Crippen LogP contribution in [-0.4, -0.2) is 35.5 Å². The van der Waals surface area contributed by atoms with Crippen molar-refractivity contribution >= 4 is 23.5 Å². The van der Waals surface area contributed by atoms with E-state index < -0.39 is 23.8 Å². The topological polar surface area (TPSA) is 118 Å². The van der Waals surface area contributed by atoms with E-state index in [0.29, 0.717) is 24.3 Å². The first-order valence-electron chi connectivity index (χ1n) is 8.09. The van der Waals surface area contributed by atoms with Gasteiger partial charge >= 0.3 is 5.97 Å². The molecule has 1 heterocycles.